The molecular formula is C30H44O6. The number of carbonyl (C=O) groups is 2. The zero-order valence-electron chi connectivity index (χ0n) is 22.2. The maximum atomic E-state index is 13.4. The third-order valence-corrected chi connectivity index (χ3v) is 9.61. The van der Waals surface area contributed by atoms with E-state index >= 15 is 0 Å². The quantitative estimate of drug-likeness (QED) is 0.266. The van der Waals surface area contributed by atoms with Crippen molar-refractivity contribution in [1.82, 2.24) is 0 Å². The Kier molecular flexibility index (Phi) is 8.33. The highest BCUT2D eigenvalue weighted by Crippen LogP contribution is 2.61. The van der Waals surface area contributed by atoms with Crippen LogP contribution in [0, 0.1) is 17.3 Å². The third-order valence-electron chi connectivity index (χ3n) is 9.61. The molecule has 3 N–H and O–H groups in total. The zero-order valence-corrected chi connectivity index (χ0v) is 22.2. The molecule has 0 aliphatic heterocycles. The van der Waals surface area contributed by atoms with Crippen molar-refractivity contribution in [2.45, 2.75) is 122 Å². The monoisotopic (exact) mass is 500 g/mol. The van der Waals surface area contributed by atoms with E-state index in [0.29, 0.717) is 17.4 Å². The summed E-state index contributed by atoms with van der Waals surface area (Å²) in [6, 6.07) is 3.41. The van der Waals surface area contributed by atoms with E-state index < -0.39 is 17.9 Å². The average molecular weight is 501 g/mol. The number of rotatable bonds is 10. The highest BCUT2D eigenvalue weighted by molar-refractivity contribution is 5.85. The molecule has 0 bridgehead atoms. The van der Waals surface area contributed by atoms with Gasteiger partial charge in [0.05, 0.1) is 24.5 Å². The Morgan fingerprint density at radius 1 is 1.14 bits per heavy atom. The van der Waals surface area contributed by atoms with Crippen molar-refractivity contribution >= 4 is 11.9 Å². The van der Waals surface area contributed by atoms with Gasteiger partial charge in [-0.2, -0.15) is 0 Å². The minimum Gasteiger partial charge on any atom is -0.508 e. The molecule has 6 nitrogen and oxygen atoms in total. The molecule has 7 atom stereocenters. The predicted octanol–water partition coefficient (Wildman–Crippen LogP) is 6.07. The van der Waals surface area contributed by atoms with Crippen LogP contribution in [0.1, 0.15) is 120 Å². The number of esters is 1. The van der Waals surface area contributed by atoms with Gasteiger partial charge in [0.1, 0.15) is 5.75 Å². The number of aryl methyl sites for hydroxylation is 1. The van der Waals surface area contributed by atoms with Gasteiger partial charge in [0.2, 0.25) is 0 Å². The summed E-state index contributed by atoms with van der Waals surface area (Å²) in [6.07, 6.45) is 9.69. The van der Waals surface area contributed by atoms with Crippen LogP contribution >= 0.6 is 0 Å². The zero-order chi connectivity index (χ0) is 26.0. The van der Waals surface area contributed by atoms with Gasteiger partial charge in [-0.1, -0.05) is 33.1 Å². The van der Waals surface area contributed by atoms with Crippen molar-refractivity contribution < 1.29 is 29.6 Å². The number of aromatic hydroxyl groups is 1. The molecule has 0 spiro atoms. The Balaban J connectivity index is 1.63. The van der Waals surface area contributed by atoms with Crippen LogP contribution in [0.2, 0.25) is 0 Å². The summed E-state index contributed by atoms with van der Waals surface area (Å²) in [4.78, 5) is 25.3. The summed E-state index contributed by atoms with van der Waals surface area (Å²) < 4.78 is 5.80. The molecule has 200 valence electrons. The molecule has 0 heterocycles. The van der Waals surface area contributed by atoms with E-state index in [-0.39, 0.29) is 35.7 Å². The van der Waals surface area contributed by atoms with E-state index in [2.05, 4.69) is 13.8 Å². The van der Waals surface area contributed by atoms with Crippen molar-refractivity contribution in [3.63, 3.8) is 0 Å². The Bertz CT molecular complexity index is 957. The fourth-order valence-electron chi connectivity index (χ4n) is 7.70. The fourth-order valence-corrected chi connectivity index (χ4v) is 7.70. The number of carboxylic acid groups (broad SMARTS) is 1. The number of aliphatic carboxylic acids is 1. The predicted molar refractivity (Wildman–Crippen MR) is 138 cm³/mol. The maximum absolute atomic E-state index is 13.4. The first-order chi connectivity index (χ1) is 17.2. The largest absolute Gasteiger partial charge is 0.508 e. The second kappa shape index (κ2) is 11.1. The number of unbranched alkanes of at least 4 members (excludes halogenated alkanes) is 3. The first-order valence-electron chi connectivity index (χ1n) is 14.1. The molecule has 0 amide bonds. The van der Waals surface area contributed by atoms with Crippen LogP contribution in [0.25, 0.3) is 0 Å². The van der Waals surface area contributed by atoms with Gasteiger partial charge in [0.15, 0.2) is 0 Å². The van der Waals surface area contributed by atoms with Crippen molar-refractivity contribution in [2.24, 2.45) is 17.3 Å². The molecule has 1 aromatic carbocycles. The van der Waals surface area contributed by atoms with Crippen LogP contribution in [-0.2, 0) is 20.7 Å². The van der Waals surface area contributed by atoms with Gasteiger partial charge < -0.3 is 20.1 Å². The number of carboxylic acids is 1. The molecule has 0 aromatic heterocycles. The van der Waals surface area contributed by atoms with Crippen LogP contribution < -0.4 is 0 Å². The molecule has 4 rings (SSSR count). The van der Waals surface area contributed by atoms with Crippen LogP contribution in [0.5, 0.6) is 5.75 Å². The number of aliphatic hydroxyl groups excluding tert-OH is 1. The van der Waals surface area contributed by atoms with E-state index in [1.54, 1.807) is 12.1 Å². The fraction of sp³-hybridized carbons (Fsp3) is 0.733. The number of phenols is 1. The minimum atomic E-state index is -1.05. The molecule has 0 saturated heterocycles. The number of benzene rings is 1. The van der Waals surface area contributed by atoms with Crippen LogP contribution in [0.15, 0.2) is 12.1 Å². The molecule has 6 heteroatoms. The molecule has 3 aliphatic rings. The van der Waals surface area contributed by atoms with Gasteiger partial charge in [-0.05, 0) is 110 Å². The SMILES string of the molecule is CCCCCCC(C)OC(=O)C(CC(=O)O)c1cc(O)cc2c1[C@H]1CC[C@]3(C)[C@H](O)CC[C@H]3[C@@H]1CC2. The van der Waals surface area contributed by atoms with Crippen LogP contribution in [0.4, 0.5) is 0 Å². The molecular weight excluding hydrogens is 456 g/mol. The molecule has 2 fully saturated rings. The maximum Gasteiger partial charge on any atom is 0.314 e. The van der Waals surface area contributed by atoms with Crippen LogP contribution in [0.3, 0.4) is 0 Å². The summed E-state index contributed by atoms with van der Waals surface area (Å²) >= 11 is 0. The van der Waals surface area contributed by atoms with Gasteiger partial charge in [-0.15, -0.1) is 0 Å². The smallest absolute Gasteiger partial charge is 0.314 e. The number of hydrogen-bond acceptors (Lipinski definition) is 5. The summed E-state index contributed by atoms with van der Waals surface area (Å²) in [5.41, 5.74) is 2.66. The number of hydrogen-bond donors (Lipinski definition) is 3. The molecule has 0 radical (unpaired) electrons. The summed E-state index contributed by atoms with van der Waals surface area (Å²) in [6.45, 7) is 6.26. The van der Waals surface area contributed by atoms with Crippen molar-refractivity contribution in [2.75, 3.05) is 0 Å². The molecule has 1 aromatic rings. The highest BCUT2D eigenvalue weighted by Gasteiger charge is 2.55. The minimum absolute atomic E-state index is 0.0671. The first kappa shape index (κ1) is 27.0. The molecule has 36 heavy (non-hydrogen) atoms. The van der Waals surface area contributed by atoms with Gasteiger partial charge in [0, 0.05) is 0 Å². The Labute approximate surface area is 215 Å². The molecule has 3 aliphatic carbocycles. The molecule has 2 saturated carbocycles. The lowest BCUT2D eigenvalue weighted by molar-refractivity contribution is -0.153. The van der Waals surface area contributed by atoms with Gasteiger partial charge >= 0.3 is 11.9 Å². The van der Waals surface area contributed by atoms with Gasteiger partial charge in [0.25, 0.3) is 0 Å². The van der Waals surface area contributed by atoms with Crippen molar-refractivity contribution in [3.8, 4) is 5.75 Å². The second-order valence-electron chi connectivity index (χ2n) is 11.9. The first-order valence-corrected chi connectivity index (χ1v) is 14.1. The third kappa shape index (κ3) is 5.29. The second-order valence-corrected chi connectivity index (χ2v) is 11.9. The summed E-state index contributed by atoms with van der Waals surface area (Å²) in [5.74, 6) is -1.38. The average Bonchev–Trinajstić information content (AvgIpc) is 3.13. The van der Waals surface area contributed by atoms with E-state index in [0.717, 1.165) is 81.8 Å². The normalized spacial score (nSPS) is 30.6. The number of fused-ring (bicyclic) bond motifs is 5. The summed E-state index contributed by atoms with van der Waals surface area (Å²) in [7, 11) is 0. The van der Waals surface area contributed by atoms with Crippen molar-refractivity contribution in [3.05, 3.63) is 28.8 Å². The Morgan fingerprint density at radius 2 is 1.92 bits per heavy atom. The lowest BCUT2D eigenvalue weighted by Crippen LogP contribution is -2.44. The number of carbonyl (C=O) groups excluding carboxylic acids is 1. The Hall–Kier alpha value is -2.08. The lowest BCUT2D eigenvalue weighted by Gasteiger charge is -2.50. The molecule has 2 unspecified atom stereocenters. The summed E-state index contributed by atoms with van der Waals surface area (Å²) in [5, 5.41) is 31.0. The standard InChI is InChI=1S/C30H44O6/c1-4-5-6-7-8-18(2)36-29(35)24(17-27(33)34)23-16-20(31)15-19-9-10-21-22(28(19)23)13-14-30(3)25(21)11-12-26(30)32/h15-16,18,21-22,24-26,31-32H,4-14,17H2,1-3H3,(H,33,34)/t18?,21-,22+,24?,25+,26-,30+/m1/s1. The van der Waals surface area contributed by atoms with E-state index in [1.807, 2.05) is 6.92 Å². The Morgan fingerprint density at radius 3 is 2.64 bits per heavy atom. The number of ether oxygens (including phenoxy) is 1. The lowest BCUT2D eigenvalue weighted by atomic mass is 9.54. The van der Waals surface area contributed by atoms with E-state index in [4.69, 9.17) is 4.74 Å². The number of phenolic OH excluding ortho intramolecular Hbond substituents is 1. The number of aliphatic hydroxyl groups is 1. The van der Waals surface area contributed by atoms with E-state index in [9.17, 15) is 24.9 Å². The van der Waals surface area contributed by atoms with Gasteiger partial charge in [-0.3, -0.25) is 9.59 Å². The van der Waals surface area contributed by atoms with E-state index in [1.165, 1.54) is 0 Å². The topological polar surface area (TPSA) is 104 Å². The van der Waals surface area contributed by atoms with Gasteiger partial charge in [-0.25, -0.2) is 0 Å². The van der Waals surface area contributed by atoms with Crippen molar-refractivity contribution in [1.29, 1.82) is 0 Å². The highest BCUT2D eigenvalue weighted by atomic mass is 16.5. The van der Waals surface area contributed by atoms with Crippen LogP contribution in [-0.4, -0.2) is 39.5 Å².